The van der Waals surface area contributed by atoms with Crippen molar-refractivity contribution in [3.63, 3.8) is 0 Å². The predicted molar refractivity (Wildman–Crippen MR) is 208 cm³/mol. The first-order valence-electron chi connectivity index (χ1n) is 17.0. The zero-order valence-electron chi connectivity index (χ0n) is 30.3. The van der Waals surface area contributed by atoms with Crippen molar-refractivity contribution in [3.8, 4) is 17.2 Å². The number of anilines is 2. The highest BCUT2D eigenvalue weighted by molar-refractivity contribution is 7.89. The monoisotopic (exact) mass is 808 g/mol. The Morgan fingerprint density at radius 2 is 1.34 bits per heavy atom. The van der Waals surface area contributed by atoms with Crippen molar-refractivity contribution < 1.29 is 50.5 Å². The normalized spacial score (nSPS) is 12.1. The molecule has 0 saturated carbocycles. The average Bonchev–Trinajstić information content (AvgIpc) is 3.19. The maximum atomic E-state index is 12.7. The van der Waals surface area contributed by atoms with Crippen LogP contribution in [0, 0.1) is 0 Å². The van der Waals surface area contributed by atoms with Crippen LogP contribution in [0.3, 0.4) is 0 Å². The smallest absolute Gasteiger partial charge is 0.296 e. The second-order valence-corrected chi connectivity index (χ2v) is 14.9. The summed E-state index contributed by atoms with van der Waals surface area (Å²) in [7, 11) is -5.94. The molecule has 0 fully saturated rings. The molecule has 0 radical (unpaired) electrons. The molecule has 56 heavy (non-hydrogen) atoms. The molecule has 5 rings (SSSR count). The number of aliphatic hydroxyl groups is 1. The molecule has 0 atom stereocenters. The topological polar surface area (TPSA) is 239 Å². The molecular weight excluding hydrogens is 769 g/mol. The Kier molecular flexibility index (Phi) is 14.4. The van der Waals surface area contributed by atoms with Crippen LogP contribution in [0.1, 0.15) is 6.42 Å². The van der Waals surface area contributed by atoms with Gasteiger partial charge in [0, 0.05) is 42.0 Å². The number of nitrogens with zero attached hydrogens (tertiary/aromatic N) is 4. The van der Waals surface area contributed by atoms with Crippen LogP contribution in [0.25, 0.3) is 10.8 Å². The third kappa shape index (κ3) is 11.0. The summed E-state index contributed by atoms with van der Waals surface area (Å²) in [6.45, 7) is 1.34. The van der Waals surface area contributed by atoms with Crippen molar-refractivity contribution in [1.29, 1.82) is 0 Å². The van der Waals surface area contributed by atoms with Crippen LogP contribution in [-0.2, 0) is 29.6 Å². The van der Waals surface area contributed by atoms with Gasteiger partial charge in [-0.25, -0.2) is 13.1 Å². The number of ether oxygens (including phenoxy) is 4. The molecule has 0 saturated heterocycles. The van der Waals surface area contributed by atoms with Crippen molar-refractivity contribution in [3.05, 3.63) is 91.0 Å². The summed E-state index contributed by atoms with van der Waals surface area (Å²) in [5.41, 5.74) is 1.50. The largest absolute Gasteiger partial charge is 0.505 e. The second kappa shape index (κ2) is 19.4. The Hall–Kier alpha value is -5.54. The van der Waals surface area contributed by atoms with Crippen molar-refractivity contribution in [2.45, 2.75) is 16.2 Å². The molecule has 0 bridgehead atoms. The van der Waals surface area contributed by atoms with Gasteiger partial charge in [-0.05, 0) is 72.5 Å². The van der Waals surface area contributed by atoms with E-state index in [1.165, 1.54) is 56.7 Å². The fourth-order valence-electron chi connectivity index (χ4n) is 5.19. The predicted octanol–water partition coefficient (Wildman–Crippen LogP) is 7.08. The zero-order valence-corrected chi connectivity index (χ0v) is 32.0. The van der Waals surface area contributed by atoms with Gasteiger partial charge in [0.15, 0.2) is 5.75 Å². The van der Waals surface area contributed by atoms with E-state index < -0.39 is 36.5 Å². The highest BCUT2D eigenvalue weighted by Gasteiger charge is 2.23. The van der Waals surface area contributed by atoms with Gasteiger partial charge >= 0.3 is 0 Å². The van der Waals surface area contributed by atoms with E-state index >= 15 is 0 Å². The molecule has 0 heterocycles. The molecule has 296 valence electrons. The molecule has 17 nitrogen and oxygen atoms in total. The number of para-hydroxylation sites is 1. The quantitative estimate of drug-likeness (QED) is 0.0301. The number of phenols is 1. The minimum Gasteiger partial charge on any atom is -0.505 e. The molecule has 5 N–H and O–H groups in total. The first-order chi connectivity index (χ1) is 26.9. The molecule has 5 aromatic carbocycles. The van der Waals surface area contributed by atoms with Gasteiger partial charge in [-0.15, -0.1) is 15.3 Å². The standard InChI is InChI=1S/C37H40N6O11S2/c1-51-33-24-32(42-43-36-35(56(48,49)50)22-25-21-28(11-14-30(25)37(36)45)39-26-7-4-3-5-8-26)34(52-2)23-31(33)41-40-27-9-12-29(13-10-27)55(46,47)38-15-6-17-53-19-20-54-18-16-44/h3-5,7-14,21-24,38-39,44-45H,6,15-20H2,1-2H3,(H,48,49,50)/b41-40+,43-42+. The lowest BCUT2D eigenvalue weighted by atomic mass is 10.1. The molecule has 0 aromatic heterocycles. The lowest BCUT2D eigenvalue weighted by molar-refractivity contribution is 0.0328. The van der Waals surface area contributed by atoms with E-state index in [0.29, 0.717) is 43.0 Å². The van der Waals surface area contributed by atoms with Gasteiger partial charge in [-0.3, -0.25) is 4.55 Å². The minimum absolute atomic E-state index is 0.0307. The van der Waals surface area contributed by atoms with E-state index in [1.54, 1.807) is 18.2 Å². The minimum atomic E-state index is -4.88. The number of methoxy groups -OCH3 is 2. The molecule has 0 aliphatic carbocycles. The number of hydrogen-bond donors (Lipinski definition) is 5. The molecular formula is C37H40N6O11S2. The fraction of sp³-hybridized carbons (Fsp3) is 0.243. The molecule has 0 amide bonds. The van der Waals surface area contributed by atoms with E-state index in [1.807, 2.05) is 30.3 Å². The first-order valence-corrected chi connectivity index (χ1v) is 19.9. The first kappa shape index (κ1) is 41.6. The number of azo groups is 2. The lowest BCUT2D eigenvalue weighted by Gasteiger charge is -2.12. The number of phenolic OH excluding ortho intramolecular Hbond substituents is 1. The third-order valence-corrected chi connectivity index (χ3v) is 10.3. The third-order valence-electron chi connectivity index (χ3n) is 7.91. The number of fused-ring (bicyclic) bond motifs is 1. The van der Waals surface area contributed by atoms with Crippen molar-refractivity contribution >= 4 is 65.0 Å². The van der Waals surface area contributed by atoms with Crippen LogP contribution >= 0.6 is 0 Å². The van der Waals surface area contributed by atoms with E-state index in [0.717, 1.165) is 5.69 Å². The van der Waals surface area contributed by atoms with E-state index in [-0.39, 0.29) is 52.9 Å². The highest BCUT2D eigenvalue weighted by atomic mass is 32.2. The van der Waals surface area contributed by atoms with Gasteiger partial charge in [0.05, 0.1) is 51.2 Å². The SMILES string of the molecule is COc1cc(/N=N/c2c(S(=O)(=O)O)cc3cc(Nc4ccccc4)ccc3c2O)c(OC)cc1/N=N/c1ccc(S(=O)(=O)NCCCOCCOCCO)cc1. The Morgan fingerprint density at radius 3 is 1.96 bits per heavy atom. The zero-order chi connectivity index (χ0) is 40.1. The van der Waals surface area contributed by atoms with Crippen LogP contribution in [0.5, 0.6) is 17.2 Å². The van der Waals surface area contributed by atoms with Crippen molar-refractivity contribution in [2.24, 2.45) is 20.5 Å². The number of nitrogens with one attached hydrogen (secondary N) is 2. The summed E-state index contributed by atoms with van der Waals surface area (Å²) >= 11 is 0. The van der Waals surface area contributed by atoms with Gasteiger partial charge in [0.2, 0.25) is 10.0 Å². The van der Waals surface area contributed by atoms with E-state index in [2.05, 4.69) is 30.5 Å². The number of benzene rings is 5. The molecule has 0 aliphatic heterocycles. The maximum absolute atomic E-state index is 12.7. The van der Waals surface area contributed by atoms with Gasteiger partial charge < -0.3 is 34.5 Å². The second-order valence-electron chi connectivity index (χ2n) is 11.8. The van der Waals surface area contributed by atoms with E-state index in [4.69, 9.17) is 24.1 Å². The summed E-state index contributed by atoms with van der Waals surface area (Å²) in [4.78, 5) is -0.639. The van der Waals surface area contributed by atoms with E-state index in [9.17, 15) is 26.5 Å². The van der Waals surface area contributed by atoms with Gasteiger partial charge in [-0.2, -0.15) is 13.5 Å². The lowest BCUT2D eigenvalue weighted by Crippen LogP contribution is -2.25. The summed E-state index contributed by atoms with van der Waals surface area (Å²) in [6, 6.07) is 23.9. The highest BCUT2D eigenvalue weighted by Crippen LogP contribution is 2.45. The Bertz CT molecular complexity index is 2400. The van der Waals surface area contributed by atoms with Crippen molar-refractivity contribution in [2.75, 3.05) is 59.1 Å². The number of aliphatic hydroxyl groups excluding tert-OH is 1. The summed E-state index contributed by atoms with van der Waals surface area (Å²) < 4.78 is 84.4. The molecule has 0 spiro atoms. The number of rotatable bonds is 20. The number of hydrogen-bond acceptors (Lipinski definition) is 15. The van der Waals surface area contributed by atoms with Crippen LogP contribution in [-0.4, -0.2) is 85.4 Å². The Morgan fingerprint density at radius 1 is 0.696 bits per heavy atom. The average molecular weight is 809 g/mol. The molecule has 0 unspecified atom stereocenters. The van der Waals surface area contributed by atoms with Gasteiger partial charge in [0.25, 0.3) is 10.1 Å². The van der Waals surface area contributed by atoms with Crippen LogP contribution in [0.15, 0.2) is 121 Å². The number of aromatic hydroxyl groups is 1. The summed E-state index contributed by atoms with van der Waals surface area (Å²) in [5.74, 6) is -0.231. The molecule has 0 aliphatic rings. The molecule has 5 aromatic rings. The van der Waals surface area contributed by atoms with Gasteiger partial charge in [-0.1, -0.05) is 18.2 Å². The van der Waals surface area contributed by atoms with Crippen LogP contribution < -0.4 is 19.5 Å². The van der Waals surface area contributed by atoms with Crippen molar-refractivity contribution in [1.82, 2.24) is 4.72 Å². The number of sulfonamides is 1. The fourth-order valence-corrected chi connectivity index (χ4v) is 6.92. The van der Waals surface area contributed by atoms with Crippen LogP contribution in [0.2, 0.25) is 0 Å². The van der Waals surface area contributed by atoms with Gasteiger partial charge in [0.1, 0.15) is 33.5 Å². The molecule has 19 heteroatoms. The Balaban J connectivity index is 1.31. The maximum Gasteiger partial charge on any atom is 0.296 e. The summed E-state index contributed by atoms with van der Waals surface area (Å²) in [5, 5.41) is 40.2. The summed E-state index contributed by atoms with van der Waals surface area (Å²) in [6.07, 6.45) is 0.448. The Labute approximate surface area is 323 Å². The van der Waals surface area contributed by atoms with Crippen LogP contribution in [0.4, 0.5) is 34.1 Å².